The van der Waals surface area contributed by atoms with Gasteiger partial charge < -0.3 is 15.3 Å². The van der Waals surface area contributed by atoms with E-state index in [0.717, 1.165) is 0 Å². The molecule has 0 saturated carbocycles. The number of aliphatic hydroxyl groups is 1. The van der Waals surface area contributed by atoms with Gasteiger partial charge in [0.15, 0.2) is 0 Å². The van der Waals surface area contributed by atoms with Gasteiger partial charge in [0.25, 0.3) is 11.8 Å². The number of hydrogen-bond donors (Lipinski definition) is 2. The maximum Gasteiger partial charge on any atom is 0.268 e. The predicted molar refractivity (Wildman–Crippen MR) is 97.8 cm³/mol. The smallest absolute Gasteiger partial charge is 0.268 e. The van der Waals surface area contributed by atoms with E-state index in [1.54, 1.807) is 16.9 Å². The maximum absolute atomic E-state index is 13.9. The van der Waals surface area contributed by atoms with Crippen molar-refractivity contribution in [2.45, 2.75) is 38.5 Å². The molecule has 0 spiro atoms. The average Bonchev–Trinajstić information content (AvgIpc) is 3.22. The number of anilines is 1. The van der Waals surface area contributed by atoms with Gasteiger partial charge in [0.05, 0.1) is 16.9 Å². The van der Waals surface area contributed by atoms with Gasteiger partial charge in [-0.15, -0.1) is 0 Å². The molecule has 1 atom stereocenters. The highest BCUT2D eigenvalue weighted by molar-refractivity contribution is 6.30. The highest BCUT2D eigenvalue weighted by Crippen LogP contribution is 2.29. The van der Waals surface area contributed by atoms with E-state index in [1.165, 1.54) is 23.2 Å². The lowest BCUT2D eigenvalue weighted by molar-refractivity contribution is -0.149. The summed E-state index contributed by atoms with van der Waals surface area (Å²) in [6, 6.07) is 4.53. The van der Waals surface area contributed by atoms with Crippen LogP contribution in [0, 0.1) is 5.82 Å². The molecule has 7 nitrogen and oxygen atoms in total. The number of amides is 2. The molecule has 1 aromatic carbocycles. The van der Waals surface area contributed by atoms with Gasteiger partial charge in [-0.2, -0.15) is 5.10 Å². The molecule has 2 amide bonds. The number of aromatic nitrogens is 2. The van der Waals surface area contributed by atoms with Gasteiger partial charge >= 0.3 is 0 Å². The van der Waals surface area contributed by atoms with Crippen molar-refractivity contribution in [2.75, 3.05) is 11.4 Å². The summed E-state index contributed by atoms with van der Waals surface area (Å²) in [6.07, 6.45) is 3.14. The van der Waals surface area contributed by atoms with Crippen LogP contribution in [0.15, 0.2) is 30.6 Å². The molecule has 3 rings (SSSR count). The highest BCUT2D eigenvalue weighted by Gasteiger charge is 2.51. The van der Waals surface area contributed by atoms with Crippen LogP contribution >= 0.6 is 11.6 Å². The van der Waals surface area contributed by atoms with Gasteiger partial charge in [0.1, 0.15) is 5.82 Å². The van der Waals surface area contributed by atoms with Crippen molar-refractivity contribution in [2.24, 2.45) is 0 Å². The van der Waals surface area contributed by atoms with Crippen LogP contribution in [0.1, 0.15) is 31.9 Å². The minimum absolute atomic E-state index is 0.0641. The first-order valence-corrected chi connectivity index (χ1v) is 8.91. The van der Waals surface area contributed by atoms with Gasteiger partial charge in [0.2, 0.25) is 5.60 Å². The number of carbonyl (C=O) groups excluding carboxylic acids is 2. The summed E-state index contributed by atoms with van der Waals surface area (Å²) < 4.78 is 15.6. The molecule has 0 bridgehead atoms. The van der Waals surface area contributed by atoms with Crippen molar-refractivity contribution in [1.82, 2.24) is 15.1 Å². The third kappa shape index (κ3) is 3.54. The van der Waals surface area contributed by atoms with Crippen molar-refractivity contribution in [3.8, 4) is 0 Å². The van der Waals surface area contributed by atoms with Gasteiger partial charge in [-0.3, -0.25) is 14.3 Å². The van der Waals surface area contributed by atoms with Crippen LogP contribution in [0.5, 0.6) is 0 Å². The first-order valence-electron chi connectivity index (χ1n) is 8.53. The van der Waals surface area contributed by atoms with Gasteiger partial charge in [-0.25, -0.2) is 4.39 Å². The second-order valence-corrected chi connectivity index (χ2v) is 7.14. The standard InChI is InChI=1S/C18H20ClFN4O3/c1-11(2)24-10-13(9-22-24)23-7-6-18(27,17(23)26)16(25)21-8-12-4-3-5-14(19)15(12)20/h3-5,9-11,27H,6-8H2,1-2H3,(H,21,25)/t18-/m1/s1. The molecule has 2 N–H and O–H groups in total. The molecular formula is C18H20ClFN4O3. The zero-order valence-corrected chi connectivity index (χ0v) is 15.7. The molecule has 1 saturated heterocycles. The Morgan fingerprint density at radius 1 is 1.48 bits per heavy atom. The molecule has 9 heteroatoms. The summed E-state index contributed by atoms with van der Waals surface area (Å²) in [5, 5.41) is 17.2. The van der Waals surface area contributed by atoms with E-state index in [4.69, 9.17) is 11.6 Å². The first-order chi connectivity index (χ1) is 12.7. The minimum atomic E-state index is -2.20. The Morgan fingerprint density at radius 2 is 2.22 bits per heavy atom. The minimum Gasteiger partial charge on any atom is -0.372 e. The largest absolute Gasteiger partial charge is 0.372 e. The van der Waals surface area contributed by atoms with Crippen molar-refractivity contribution >= 4 is 29.1 Å². The summed E-state index contributed by atoms with van der Waals surface area (Å²) >= 11 is 5.71. The molecular weight excluding hydrogens is 375 g/mol. The molecule has 2 heterocycles. The van der Waals surface area contributed by atoms with Crippen LogP contribution in [0.25, 0.3) is 0 Å². The Morgan fingerprint density at radius 3 is 2.89 bits per heavy atom. The SMILES string of the molecule is CC(C)n1cc(N2CC[C@@](O)(C(=O)NCc3cccc(Cl)c3F)C2=O)cn1. The van der Waals surface area contributed by atoms with Gasteiger partial charge in [0, 0.05) is 37.3 Å². The van der Waals surface area contributed by atoms with E-state index >= 15 is 0 Å². The summed E-state index contributed by atoms with van der Waals surface area (Å²) in [4.78, 5) is 26.4. The Kier molecular flexibility index (Phi) is 5.21. The summed E-state index contributed by atoms with van der Waals surface area (Å²) in [7, 11) is 0. The fourth-order valence-electron chi connectivity index (χ4n) is 2.92. The normalized spacial score (nSPS) is 19.8. The lowest BCUT2D eigenvalue weighted by Gasteiger charge is -2.21. The second-order valence-electron chi connectivity index (χ2n) is 6.73. The number of halogens is 2. The van der Waals surface area contributed by atoms with Crippen LogP contribution in [0.3, 0.4) is 0 Å². The lowest BCUT2D eigenvalue weighted by atomic mass is 10.0. The van der Waals surface area contributed by atoms with Crippen molar-refractivity contribution in [3.63, 3.8) is 0 Å². The van der Waals surface area contributed by atoms with Crippen LogP contribution < -0.4 is 10.2 Å². The number of nitrogens with zero attached hydrogens (tertiary/aromatic N) is 3. The summed E-state index contributed by atoms with van der Waals surface area (Å²) in [5.74, 6) is -2.24. The van der Waals surface area contributed by atoms with Crippen LogP contribution in [0.2, 0.25) is 5.02 Å². The molecule has 1 aromatic heterocycles. The number of benzene rings is 1. The number of carbonyl (C=O) groups is 2. The summed E-state index contributed by atoms with van der Waals surface area (Å²) in [5.41, 5.74) is -1.52. The lowest BCUT2D eigenvalue weighted by Crippen LogP contribution is -2.52. The van der Waals surface area contributed by atoms with E-state index in [-0.39, 0.29) is 36.1 Å². The third-order valence-corrected chi connectivity index (χ3v) is 4.86. The molecule has 1 fully saturated rings. The van der Waals surface area contributed by atoms with Crippen LogP contribution in [-0.4, -0.2) is 38.8 Å². The van der Waals surface area contributed by atoms with Gasteiger partial charge in [-0.05, 0) is 19.9 Å². The van der Waals surface area contributed by atoms with Crippen molar-refractivity contribution < 1.29 is 19.1 Å². The Labute approximate surface area is 160 Å². The first kappa shape index (κ1) is 19.3. The van der Waals surface area contributed by atoms with E-state index in [1.807, 2.05) is 13.8 Å². The molecule has 0 unspecified atom stereocenters. The zero-order chi connectivity index (χ0) is 19.8. The molecule has 1 aliphatic rings. The molecule has 1 aliphatic heterocycles. The molecule has 0 radical (unpaired) electrons. The van der Waals surface area contributed by atoms with Crippen LogP contribution in [-0.2, 0) is 16.1 Å². The fraction of sp³-hybridized carbons (Fsp3) is 0.389. The Bertz CT molecular complexity index is 885. The summed E-state index contributed by atoms with van der Waals surface area (Å²) in [6.45, 7) is 3.88. The Hall–Kier alpha value is -2.45. The molecule has 27 heavy (non-hydrogen) atoms. The maximum atomic E-state index is 13.9. The van der Waals surface area contributed by atoms with E-state index < -0.39 is 23.2 Å². The molecule has 144 valence electrons. The molecule has 2 aromatic rings. The highest BCUT2D eigenvalue weighted by atomic mass is 35.5. The van der Waals surface area contributed by atoms with E-state index in [0.29, 0.717) is 5.69 Å². The Balaban J connectivity index is 1.71. The quantitative estimate of drug-likeness (QED) is 0.760. The fourth-order valence-corrected chi connectivity index (χ4v) is 3.11. The van der Waals surface area contributed by atoms with E-state index in [9.17, 15) is 19.1 Å². The average molecular weight is 395 g/mol. The van der Waals surface area contributed by atoms with Crippen LogP contribution in [0.4, 0.5) is 10.1 Å². The monoisotopic (exact) mass is 394 g/mol. The van der Waals surface area contributed by atoms with Gasteiger partial charge in [-0.1, -0.05) is 23.7 Å². The number of rotatable bonds is 5. The van der Waals surface area contributed by atoms with Crippen molar-refractivity contribution in [1.29, 1.82) is 0 Å². The topological polar surface area (TPSA) is 87.5 Å². The third-order valence-electron chi connectivity index (χ3n) is 4.57. The number of nitrogens with one attached hydrogen (secondary N) is 1. The van der Waals surface area contributed by atoms with Crippen molar-refractivity contribution in [3.05, 3.63) is 47.0 Å². The zero-order valence-electron chi connectivity index (χ0n) is 14.9. The van der Waals surface area contributed by atoms with E-state index in [2.05, 4.69) is 10.4 Å². The predicted octanol–water partition coefficient (Wildman–Crippen LogP) is 2.04. The number of hydrogen-bond acceptors (Lipinski definition) is 4. The molecule has 0 aliphatic carbocycles. The second kappa shape index (κ2) is 7.28.